The molecular formula is C17H11N5O2. The molecule has 24 heavy (non-hydrogen) atoms. The molecule has 3 rings (SSSR count). The number of hydrazone groups is 1. The molecule has 1 aromatic heterocycles. The van der Waals surface area contributed by atoms with E-state index >= 15 is 0 Å². The van der Waals surface area contributed by atoms with E-state index in [1.807, 2.05) is 24.3 Å². The minimum Gasteiger partial charge on any atom is -0.497 e. The van der Waals surface area contributed by atoms with Gasteiger partial charge in [-0.1, -0.05) is 6.07 Å². The maximum Gasteiger partial charge on any atom is 0.237 e. The maximum absolute atomic E-state index is 8.67. The molecule has 0 saturated heterocycles. The Morgan fingerprint density at radius 2 is 2.04 bits per heavy atom. The number of benzene rings is 2. The van der Waals surface area contributed by atoms with Gasteiger partial charge in [-0.05, 0) is 36.4 Å². The van der Waals surface area contributed by atoms with Gasteiger partial charge in [0, 0.05) is 5.56 Å². The topological polar surface area (TPSA) is 107 Å². The standard InChI is InChI=1S/C17H11N5O2/c1-23-14-4-2-3-11(7-14)17-20-15-8-12(5-6-16(15)24-17)21-22-13(9-18)10-19/h2-8,21H,1H3. The molecule has 0 aliphatic heterocycles. The first-order valence-corrected chi connectivity index (χ1v) is 6.92. The van der Waals surface area contributed by atoms with Gasteiger partial charge in [-0.2, -0.15) is 15.6 Å². The number of nitriles is 2. The summed E-state index contributed by atoms with van der Waals surface area (Å²) in [6.07, 6.45) is 0. The zero-order valence-corrected chi connectivity index (χ0v) is 12.6. The van der Waals surface area contributed by atoms with E-state index in [1.165, 1.54) is 0 Å². The van der Waals surface area contributed by atoms with E-state index in [1.54, 1.807) is 37.4 Å². The number of anilines is 1. The quantitative estimate of drug-likeness (QED) is 0.584. The van der Waals surface area contributed by atoms with Crippen LogP contribution in [0.1, 0.15) is 0 Å². The number of hydrogen-bond acceptors (Lipinski definition) is 7. The molecule has 0 amide bonds. The smallest absolute Gasteiger partial charge is 0.237 e. The van der Waals surface area contributed by atoms with Crippen molar-refractivity contribution in [2.24, 2.45) is 5.10 Å². The minimum absolute atomic E-state index is 0.257. The monoisotopic (exact) mass is 317 g/mol. The van der Waals surface area contributed by atoms with Crippen molar-refractivity contribution in [1.82, 2.24) is 4.98 Å². The highest BCUT2D eigenvalue weighted by Gasteiger charge is 2.09. The van der Waals surface area contributed by atoms with Gasteiger partial charge in [0.25, 0.3) is 0 Å². The molecule has 0 atom stereocenters. The number of oxazole rings is 1. The maximum atomic E-state index is 8.67. The third kappa shape index (κ3) is 3.01. The number of hydrogen-bond donors (Lipinski definition) is 1. The molecule has 7 nitrogen and oxygen atoms in total. The summed E-state index contributed by atoms with van der Waals surface area (Å²) in [5.41, 5.74) is 5.03. The fourth-order valence-corrected chi connectivity index (χ4v) is 2.07. The number of nitrogens with one attached hydrogen (secondary N) is 1. The largest absolute Gasteiger partial charge is 0.497 e. The van der Waals surface area contributed by atoms with Gasteiger partial charge in [0.05, 0.1) is 12.8 Å². The molecular weight excluding hydrogens is 306 g/mol. The lowest BCUT2D eigenvalue weighted by atomic mass is 10.2. The highest BCUT2D eigenvalue weighted by Crippen LogP contribution is 2.28. The molecule has 0 radical (unpaired) electrons. The number of ether oxygens (including phenoxy) is 1. The van der Waals surface area contributed by atoms with E-state index in [0.29, 0.717) is 28.4 Å². The van der Waals surface area contributed by atoms with Crippen molar-refractivity contribution in [3.8, 4) is 29.3 Å². The number of fused-ring (bicyclic) bond motifs is 1. The van der Waals surface area contributed by atoms with Crippen LogP contribution in [-0.2, 0) is 0 Å². The molecule has 0 unspecified atom stereocenters. The summed E-state index contributed by atoms with van der Waals surface area (Å²) in [7, 11) is 1.60. The number of rotatable bonds is 4. The average molecular weight is 317 g/mol. The van der Waals surface area contributed by atoms with E-state index in [4.69, 9.17) is 19.7 Å². The van der Waals surface area contributed by atoms with Crippen LogP contribution in [0.4, 0.5) is 5.69 Å². The van der Waals surface area contributed by atoms with Crippen LogP contribution in [0.3, 0.4) is 0 Å². The Kier molecular flexibility index (Phi) is 4.09. The van der Waals surface area contributed by atoms with E-state index < -0.39 is 0 Å². The zero-order chi connectivity index (χ0) is 16.9. The first-order chi connectivity index (χ1) is 11.7. The molecule has 1 heterocycles. The lowest BCUT2D eigenvalue weighted by molar-refractivity contribution is 0.415. The summed E-state index contributed by atoms with van der Waals surface area (Å²) < 4.78 is 10.9. The molecule has 1 N–H and O–H groups in total. The second-order valence-electron chi connectivity index (χ2n) is 4.73. The van der Waals surface area contributed by atoms with Crippen molar-refractivity contribution < 1.29 is 9.15 Å². The molecule has 2 aromatic carbocycles. The second-order valence-corrected chi connectivity index (χ2v) is 4.73. The van der Waals surface area contributed by atoms with Gasteiger partial charge >= 0.3 is 0 Å². The molecule has 0 saturated carbocycles. The van der Waals surface area contributed by atoms with Crippen LogP contribution in [0.2, 0.25) is 0 Å². The normalized spacial score (nSPS) is 9.79. The Labute approximate surface area is 137 Å². The summed E-state index contributed by atoms with van der Waals surface area (Å²) in [6, 6.07) is 15.9. The van der Waals surface area contributed by atoms with Crippen molar-refractivity contribution in [3.05, 3.63) is 42.5 Å². The highest BCUT2D eigenvalue weighted by molar-refractivity contribution is 6.10. The fourth-order valence-electron chi connectivity index (χ4n) is 2.07. The number of nitrogens with zero attached hydrogens (tertiary/aromatic N) is 4. The fraction of sp³-hybridized carbons (Fsp3) is 0.0588. The molecule has 116 valence electrons. The van der Waals surface area contributed by atoms with Crippen molar-refractivity contribution in [2.75, 3.05) is 12.5 Å². The van der Waals surface area contributed by atoms with Gasteiger partial charge in [0.1, 0.15) is 23.4 Å². The highest BCUT2D eigenvalue weighted by atomic mass is 16.5. The lowest BCUT2D eigenvalue weighted by Crippen LogP contribution is -1.95. The van der Waals surface area contributed by atoms with Crippen LogP contribution < -0.4 is 10.2 Å². The summed E-state index contributed by atoms with van der Waals surface area (Å²) in [5.74, 6) is 1.19. The van der Waals surface area contributed by atoms with Gasteiger partial charge in [-0.15, -0.1) is 0 Å². The van der Waals surface area contributed by atoms with E-state index in [2.05, 4.69) is 15.5 Å². The Bertz CT molecular complexity index is 992. The van der Waals surface area contributed by atoms with Crippen LogP contribution in [-0.4, -0.2) is 17.8 Å². The van der Waals surface area contributed by atoms with Crippen LogP contribution in [0, 0.1) is 22.7 Å². The first kappa shape index (κ1) is 15.1. The zero-order valence-electron chi connectivity index (χ0n) is 12.6. The molecule has 3 aromatic rings. The Morgan fingerprint density at radius 3 is 2.79 bits per heavy atom. The lowest BCUT2D eigenvalue weighted by Gasteiger charge is -2.00. The summed E-state index contributed by atoms with van der Waals surface area (Å²) in [4.78, 5) is 4.45. The summed E-state index contributed by atoms with van der Waals surface area (Å²) >= 11 is 0. The van der Waals surface area contributed by atoms with Crippen molar-refractivity contribution in [3.63, 3.8) is 0 Å². The van der Waals surface area contributed by atoms with Crippen molar-refractivity contribution in [2.45, 2.75) is 0 Å². The van der Waals surface area contributed by atoms with Crippen molar-refractivity contribution in [1.29, 1.82) is 10.5 Å². The van der Waals surface area contributed by atoms with Gasteiger partial charge in [0.2, 0.25) is 11.6 Å². The molecule has 0 aliphatic rings. The minimum atomic E-state index is -0.257. The molecule has 7 heteroatoms. The van der Waals surface area contributed by atoms with E-state index in [-0.39, 0.29) is 5.71 Å². The van der Waals surface area contributed by atoms with Crippen LogP contribution in [0.25, 0.3) is 22.6 Å². The average Bonchev–Trinajstić information content (AvgIpc) is 3.06. The van der Waals surface area contributed by atoms with Crippen LogP contribution >= 0.6 is 0 Å². The van der Waals surface area contributed by atoms with E-state index in [0.717, 1.165) is 5.56 Å². The Balaban J connectivity index is 1.93. The van der Waals surface area contributed by atoms with Gasteiger partial charge in [-0.25, -0.2) is 4.98 Å². The van der Waals surface area contributed by atoms with Gasteiger partial charge in [0.15, 0.2) is 5.58 Å². The molecule has 0 aliphatic carbocycles. The summed E-state index contributed by atoms with van der Waals surface area (Å²) in [6.45, 7) is 0. The molecule has 0 spiro atoms. The molecule has 0 fully saturated rings. The molecule has 0 bridgehead atoms. The van der Waals surface area contributed by atoms with Crippen LogP contribution in [0.5, 0.6) is 5.75 Å². The summed E-state index contributed by atoms with van der Waals surface area (Å²) in [5, 5.41) is 21.0. The number of aromatic nitrogens is 1. The third-order valence-corrected chi connectivity index (χ3v) is 3.21. The van der Waals surface area contributed by atoms with Gasteiger partial charge < -0.3 is 9.15 Å². The Morgan fingerprint density at radius 1 is 1.21 bits per heavy atom. The number of methoxy groups -OCH3 is 1. The van der Waals surface area contributed by atoms with Crippen molar-refractivity contribution >= 4 is 22.5 Å². The van der Waals surface area contributed by atoms with Gasteiger partial charge in [-0.3, -0.25) is 5.43 Å². The third-order valence-electron chi connectivity index (χ3n) is 3.21. The SMILES string of the molecule is COc1cccc(-c2nc3cc(NN=C(C#N)C#N)ccc3o2)c1. The van der Waals surface area contributed by atoms with E-state index in [9.17, 15) is 0 Å². The predicted molar refractivity (Wildman–Crippen MR) is 88.3 cm³/mol. The Hall–Kier alpha value is -3.84. The van der Waals surface area contributed by atoms with Crippen LogP contribution in [0.15, 0.2) is 52.0 Å². The first-order valence-electron chi connectivity index (χ1n) is 6.92. The predicted octanol–water partition coefficient (Wildman–Crippen LogP) is 3.32. The second kappa shape index (κ2) is 6.51.